The van der Waals surface area contributed by atoms with Gasteiger partial charge in [-0.2, -0.15) is 0 Å². The van der Waals surface area contributed by atoms with E-state index in [2.05, 4.69) is 0 Å². The Morgan fingerprint density at radius 3 is 2.46 bits per heavy atom. The van der Waals surface area contributed by atoms with Crippen LogP contribution < -0.4 is 4.90 Å². The first kappa shape index (κ1) is 17.3. The van der Waals surface area contributed by atoms with E-state index in [-0.39, 0.29) is 11.8 Å². The van der Waals surface area contributed by atoms with Crippen molar-refractivity contribution in [3.8, 4) is 0 Å². The monoisotopic (exact) mass is 400 g/mol. The van der Waals surface area contributed by atoms with E-state index < -0.39 is 0 Å². The van der Waals surface area contributed by atoms with Crippen molar-refractivity contribution in [2.75, 3.05) is 11.9 Å². The standard InChI is InChI=1S/C19H13ClN2O2S2/c1-21-14-5-3-2-4-13(14)15(17(21)23)16-18(24)22(19(25)26-16)10-11-6-8-12(20)9-7-11/h2-9H,10H2,1H3. The van der Waals surface area contributed by atoms with E-state index in [4.69, 9.17) is 23.8 Å². The molecule has 2 amide bonds. The van der Waals surface area contributed by atoms with Crippen LogP contribution in [-0.2, 0) is 16.1 Å². The number of carbonyl (C=O) groups excluding carboxylic acids is 2. The van der Waals surface area contributed by atoms with Gasteiger partial charge < -0.3 is 4.90 Å². The number of thiocarbonyl (C=S) groups is 1. The van der Waals surface area contributed by atoms with Gasteiger partial charge in [-0.05, 0) is 23.8 Å². The summed E-state index contributed by atoms with van der Waals surface area (Å²) in [7, 11) is 1.71. The zero-order valence-corrected chi connectivity index (χ0v) is 16.1. The van der Waals surface area contributed by atoms with Crippen LogP contribution in [0.25, 0.3) is 5.57 Å². The smallest absolute Gasteiger partial charge is 0.267 e. The van der Waals surface area contributed by atoms with E-state index in [1.165, 1.54) is 16.7 Å². The third-order valence-electron chi connectivity index (χ3n) is 4.38. The first-order valence-corrected chi connectivity index (χ1v) is 9.47. The van der Waals surface area contributed by atoms with E-state index in [9.17, 15) is 9.59 Å². The third-order valence-corrected chi connectivity index (χ3v) is 6.08. The van der Waals surface area contributed by atoms with Crippen LogP contribution in [0.4, 0.5) is 5.69 Å². The summed E-state index contributed by atoms with van der Waals surface area (Å²) in [5.41, 5.74) is 2.92. The molecule has 2 aromatic carbocycles. The van der Waals surface area contributed by atoms with Crippen LogP contribution in [0.1, 0.15) is 11.1 Å². The van der Waals surface area contributed by atoms with Gasteiger partial charge >= 0.3 is 0 Å². The summed E-state index contributed by atoms with van der Waals surface area (Å²) in [6.45, 7) is 0.351. The maximum Gasteiger partial charge on any atom is 0.267 e. The van der Waals surface area contributed by atoms with E-state index in [0.29, 0.717) is 26.4 Å². The zero-order chi connectivity index (χ0) is 18.4. The number of anilines is 1. The fourth-order valence-electron chi connectivity index (χ4n) is 3.05. The van der Waals surface area contributed by atoms with Crippen molar-refractivity contribution in [2.45, 2.75) is 6.54 Å². The number of carbonyl (C=O) groups is 2. The Morgan fingerprint density at radius 1 is 1.04 bits per heavy atom. The quantitative estimate of drug-likeness (QED) is 0.562. The molecule has 1 saturated heterocycles. The molecule has 2 aliphatic heterocycles. The molecule has 0 aliphatic carbocycles. The number of hydrogen-bond donors (Lipinski definition) is 0. The summed E-state index contributed by atoms with van der Waals surface area (Å²) < 4.78 is 0.451. The summed E-state index contributed by atoms with van der Waals surface area (Å²) in [6.07, 6.45) is 0. The minimum Gasteiger partial charge on any atom is -0.311 e. The van der Waals surface area contributed by atoms with Crippen LogP contribution in [0.5, 0.6) is 0 Å². The van der Waals surface area contributed by atoms with Gasteiger partial charge in [0.1, 0.15) is 4.32 Å². The molecule has 2 aliphatic rings. The number of halogens is 1. The van der Waals surface area contributed by atoms with Crippen molar-refractivity contribution >= 4 is 63.0 Å². The molecule has 0 aromatic heterocycles. The van der Waals surface area contributed by atoms with Crippen molar-refractivity contribution in [3.63, 3.8) is 0 Å². The van der Waals surface area contributed by atoms with Gasteiger partial charge in [0.15, 0.2) is 0 Å². The summed E-state index contributed by atoms with van der Waals surface area (Å²) >= 11 is 12.5. The van der Waals surface area contributed by atoms with Crippen molar-refractivity contribution in [3.05, 3.63) is 69.6 Å². The fourth-order valence-corrected chi connectivity index (χ4v) is 4.50. The van der Waals surface area contributed by atoms with Crippen LogP contribution in [0, 0.1) is 0 Å². The molecule has 4 rings (SSSR count). The maximum atomic E-state index is 13.0. The predicted octanol–water partition coefficient (Wildman–Crippen LogP) is 4.09. The first-order chi connectivity index (χ1) is 12.5. The lowest BCUT2D eigenvalue weighted by molar-refractivity contribution is -0.122. The number of fused-ring (bicyclic) bond motifs is 1. The lowest BCUT2D eigenvalue weighted by atomic mass is 10.1. The highest BCUT2D eigenvalue weighted by atomic mass is 35.5. The average Bonchev–Trinajstić information content (AvgIpc) is 3.05. The maximum absolute atomic E-state index is 13.0. The van der Waals surface area contributed by atoms with E-state index in [1.807, 2.05) is 36.4 Å². The van der Waals surface area contributed by atoms with Crippen molar-refractivity contribution in [2.24, 2.45) is 0 Å². The summed E-state index contributed by atoms with van der Waals surface area (Å²) in [6, 6.07) is 14.7. The van der Waals surface area contributed by atoms with Crippen molar-refractivity contribution < 1.29 is 9.59 Å². The van der Waals surface area contributed by atoms with Gasteiger partial charge in [0.05, 0.1) is 22.7 Å². The number of thioether (sulfide) groups is 1. The van der Waals surface area contributed by atoms with E-state index in [1.54, 1.807) is 24.1 Å². The second-order valence-electron chi connectivity index (χ2n) is 5.97. The van der Waals surface area contributed by atoms with Crippen LogP contribution in [0.2, 0.25) is 5.02 Å². The minimum absolute atomic E-state index is 0.182. The molecule has 2 aromatic rings. The van der Waals surface area contributed by atoms with E-state index in [0.717, 1.165) is 16.8 Å². The van der Waals surface area contributed by atoms with Gasteiger partial charge in [0.25, 0.3) is 11.8 Å². The molecule has 0 unspecified atom stereocenters. The molecular weight excluding hydrogens is 388 g/mol. The molecule has 7 heteroatoms. The largest absolute Gasteiger partial charge is 0.311 e. The summed E-state index contributed by atoms with van der Waals surface area (Å²) in [5, 5.41) is 0.637. The molecule has 0 bridgehead atoms. The Hall–Kier alpha value is -2.15. The van der Waals surface area contributed by atoms with Gasteiger partial charge in [-0.15, -0.1) is 0 Å². The number of nitrogens with zero attached hydrogens (tertiary/aromatic N) is 2. The number of para-hydroxylation sites is 1. The molecule has 0 spiro atoms. The normalized spacial score (nSPS) is 19.5. The minimum atomic E-state index is -0.233. The number of amides is 2. The Morgan fingerprint density at radius 2 is 1.73 bits per heavy atom. The molecule has 0 N–H and O–H groups in total. The molecule has 0 saturated carbocycles. The van der Waals surface area contributed by atoms with Crippen LogP contribution in [0.3, 0.4) is 0 Å². The second-order valence-corrected chi connectivity index (χ2v) is 8.05. The Kier molecular flexibility index (Phi) is 4.34. The van der Waals surface area contributed by atoms with Gasteiger partial charge in [-0.1, -0.05) is 65.9 Å². The topological polar surface area (TPSA) is 40.6 Å². The van der Waals surface area contributed by atoms with Crippen LogP contribution in [-0.4, -0.2) is 28.1 Å². The van der Waals surface area contributed by atoms with Crippen LogP contribution in [0.15, 0.2) is 53.4 Å². The fraction of sp³-hybridized carbons (Fsp3) is 0.105. The number of hydrogen-bond acceptors (Lipinski definition) is 4. The predicted molar refractivity (Wildman–Crippen MR) is 109 cm³/mol. The third kappa shape index (κ3) is 2.74. The SMILES string of the molecule is CN1C(=O)C(=C2SC(=S)N(Cc3ccc(Cl)cc3)C2=O)c2ccccc21. The lowest BCUT2D eigenvalue weighted by Crippen LogP contribution is -2.28. The molecule has 0 atom stereocenters. The average molecular weight is 401 g/mol. The van der Waals surface area contributed by atoms with Gasteiger partial charge in [0.2, 0.25) is 0 Å². The number of benzene rings is 2. The lowest BCUT2D eigenvalue weighted by Gasteiger charge is -2.14. The highest BCUT2D eigenvalue weighted by Crippen LogP contribution is 2.44. The van der Waals surface area contributed by atoms with Gasteiger partial charge in [-0.3, -0.25) is 14.5 Å². The Balaban J connectivity index is 1.72. The van der Waals surface area contributed by atoms with Crippen LogP contribution >= 0.6 is 35.6 Å². The molecule has 1 fully saturated rings. The molecule has 130 valence electrons. The second kappa shape index (κ2) is 6.54. The molecule has 26 heavy (non-hydrogen) atoms. The highest BCUT2D eigenvalue weighted by molar-refractivity contribution is 8.26. The Labute approximate surface area is 165 Å². The number of likely N-dealkylation sites (N-methyl/N-ethyl adjacent to an activating group) is 1. The van der Waals surface area contributed by atoms with Crippen molar-refractivity contribution in [1.29, 1.82) is 0 Å². The van der Waals surface area contributed by atoms with Gasteiger partial charge in [0, 0.05) is 17.6 Å². The van der Waals surface area contributed by atoms with Gasteiger partial charge in [-0.25, -0.2) is 0 Å². The summed E-state index contributed by atoms with van der Waals surface area (Å²) in [5.74, 6) is -0.415. The highest BCUT2D eigenvalue weighted by Gasteiger charge is 2.40. The molecule has 0 radical (unpaired) electrons. The Bertz CT molecular complexity index is 985. The van der Waals surface area contributed by atoms with Crippen molar-refractivity contribution in [1.82, 2.24) is 4.90 Å². The molecule has 4 nitrogen and oxygen atoms in total. The zero-order valence-electron chi connectivity index (χ0n) is 13.7. The van der Waals surface area contributed by atoms with E-state index >= 15 is 0 Å². The molecule has 2 heterocycles. The number of rotatable bonds is 2. The summed E-state index contributed by atoms with van der Waals surface area (Å²) in [4.78, 5) is 29.2. The molecular formula is C19H13ClN2O2S2. The first-order valence-electron chi connectivity index (χ1n) is 7.87.